The zero-order valence-electron chi connectivity index (χ0n) is 9.05. The number of carbonyl (C=O) groups is 3. The Bertz CT molecular complexity index is 314. The van der Waals surface area contributed by atoms with Gasteiger partial charge in [-0.1, -0.05) is 6.92 Å². The summed E-state index contributed by atoms with van der Waals surface area (Å²) < 4.78 is 0. The van der Waals surface area contributed by atoms with Crippen LogP contribution in [-0.2, 0) is 14.4 Å². The van der Waals surface area contributed by atoms with Crippen molar-refractivity contribution >= 4 is 17.8 Å². The topological polar surface area (TPSA) is 94.9 Å². The average molecular weight is 229 g/mol. The van der Waals surface area contributed by atoms with Crippen molar-refractivity contribution in [3.63, 3.8) is 0 Å². The molecular formula is C10H15NO5. The summed E-state index contributed by atoms with van der Waals surface area (Å²) in [6.45, 7) is 2.02. The number of hydrogen-bond donors (Lipinski definition) is 2. The van der Waals surface area contributed by atoms with E-state index in [2.05, 4.69) is 0 Å². The molecule has 0 aromatic heterocycles. The summed E-state index contributed by atoms with van der Waals surface area (Å²) in [6.07, 6.45) is 0.516. The van der Waals surface area contributed by atoms with Gasteiger partial charge in [0.25, 0.3) is 0 Å². The fraction of sp³-hybridized carbons (Fsp3) is 0.700. The molecule has 0 spiro atoms. The van der Waals surface area contributed by atoms with Crippen LogP contribution in [0.2, 0.25) is 0 Å². The van der Waals surface area contributed by atoms with Crippen LogP contribution in [0.5, 0.6) is 0 Å². The lowest BCUT2D eigenvalue weighted by atomic mass is 9.85. The van der Waals surface area contributed by atoms with Crippen molar-refractivity contribution in [3.8, 4) is 0 Å². The van der Waals surface area contributed by atoms with E-state index in [0.29, 0.717) is 13.0 Å². The highest BCUT2D eigenvalue weighted by Crippen LogP contribution is 2.24. The van der Waals surface area contributed by atoms with Crippen LogP contribution in [0, 0.1) is 11.8 Å². The number of hydrogen-bond acceptors (Lipinski definition) is 3. The third-order valence-electron chi connectivity index (χ3n) is 2.90. The van der Waals surface area contributed by atoms with E-state index < -0.39 is 23.8 Å². The maximum absolute atomic E-state index is 11.4. The van der Waals surface area contributed by atoms with E-state index in [1.54, 1.807) is 6.92 Å². The van der Waals surface area contributed by atoms with Gasteiger partial charge in [0.2, 0.25) is 5.91 Å². The lowest BCUT2D eigenvalue weighted by molar-refractivity contribution is -0.159. The van der Waals surface area contributed by atoms with Crippen molar-refractivity contribution in [3.05, 3.63) is 0 Å². The number of aliphatic carboxylic acids is 2. The zero-order chi connectivity index (χ0) is 12.3. The highest BCUT2D eigenvalue weighted by atomic mass is 16.4. The molecule has 2 N–H and O–H groups in total. The first-order chi connectivity index (χ1) is 7.47. The molecule has 6 heteroatoms. The van der Waals surface area contributed by atoms with E-state index in [0.717, 1.165) is 0 Å². The summed E-state index contributed by atoms with van der Waals surface area (Å²) in [6, 6.07) is 0. The number of piperidine rings is 1. The van der Waals surface area contributed by atoms with Crippen LogP contribution in [-0.4, -0.2) is 46.0 Å². The van der Waals surface area contributed by atoms with Gasteiger partial charge in [0.15, 0.2) is 0 Å². The van der Waals surface area contributed by atoms with Gasteiger partial charge in [-0.2, -0.15) is 0 Å². The third-order valence-corrected chi connectivity index (χ3v) is 2.90. The first-order valence-corrected chi connectivity index (χ1v) is 5.20. The Hall–Kier alpha value is -1.59. The Morgan fingerprint density at radius 3 is 2.19 bits per heavy atom. The number of likely N-dealkylation sites (tertiary alicyclic amines) is 1. The van der Waals surface area contributed by atoms with Gasteiger partial charge in [-0.05, 0) is 6.42 Å². The second-order valence-corrected chi connectivity index (χ2v) is 3.87. The van der Waals surface area contributed by atoms with Gasteiger partial charge in [0, 0.05) is 19.5 Å². The molecule has 1 heterocycles. The second-order valence-electron chi connectivity index (χ2n) is 3.87. The minimum atomic E-state index is -1.15. The number of carboxylic acid groups (broad SMARTS) is 2. The maximum atomic E-state index is 11.4. The molecule has 6 nitrogen and oxygen atoms in total. The molecule has 1 amide bonds. The Morgan fingerprint density at radius 1 is 1.19 bits per heavy atom. The van der Waals surface area contributed by atoms with E-state index in [9.17, 15) is 14.4 Å². The lowest BCUT2D eigenvalue weighted by Gasteiger charge is -2.34. The molecule has 1 aliphatic rings. The SMILES string of the molecule is CCC(=O)N1CCC(C(=O)O)C(C(=O)O)C1. The van der Waals surface area contributed by atoms with Crippen LogP contribution in [0.25, 0.3) is 0 Å². The van der Waals surface area contributed by atoms with Gasteiger partial charge in [0.05, 0.1) is 11.8 Å². The molecule has 0 aromatic rings. The highest BCUT2D eigenvalue weighted by molar-refractivity contribution is 5.82. The standard InChI is InChI=1S/C10H15NO5/c1-2-8(12)11-4-3-6(9(13)14)7(5-11)10(15)16/h6-7H,2-5H2,1H3,(H,13,14)(H,15,16). The van der Waals surface area contributed by atoms with Crippen molar-refractivity contribution < 1.29 is 24.6 Å². The molecule has 1 saturated heterocycles. The Morgan fingerprint density at radius 2 is 1.75 bits per heavy atom. The molecule has 1 rings (SSSR count). The lowest BCUT2D eigenvalue weighted by Crippen LogP contribution is -2.48. The molecule has 1 fully saturated rings. The van der Waals surface area contributed by atoms with E-state index in [4.69, 9.17) is 10.2 Å². The van der Waals surface area contributed by atoms with Crippen molar-refractivity contribution in [2.45, 2.75) is 19.8 Å². The first kappa shape index (κ1) is 12.5. The molecular weight excluding hydrogens is 214 g/mol. The minimum absolute atomic E-state index is 0.00102. The third kappa shape index (κ3) is 2.50. The Labute approximate surface area is 92.9 Å². The molecule has 16 heavy (non-hydrogen) atoms. The van der Waals surface area contributed by atoms with Crippen molar-refractivity contribution in [2.24, 2.45) is 11.8 Å². The van der Waals surface area contributed by atoms with Crippen LogP contribution in [0.15, 0.2) is 0 Å². The molecule has 0 saturated carbocycles. The first-order valence-electron chi connectivity index (χ1n) is 5.20. The zero-order valence-corrected chi connectivity index (χ0v) is 9.05. The molecule has 90 valence electrons. The highest BCUT2D eigenvalue weighted by Gasteiger charge is 2.39. The second kappa shape index (κ2) is 4.96. The molecule has 2 atom stereocenters. The molecule has 0 aliphatic carbocycles. The molecule has 0 bridgehead atoms. The van der Waals surface area contributed by atoms with Gasteiger partial charge in [-0.25, -0.2) is 0 Å². The smallest absolute Gasteiger partial charge is 0.309 e. The van der Waals surface area contributed by atoms with Crippen LogP contribution in [0.1, 0.15) is 19.8 Å². The average Bonchev–Trinajstić information content (AvgIpc) is 2.26. The maximum Gasteiger partial charge on any atom is 0.309 e. The van der Waals surface area contributed by atoms with Gasteiger partial charge >= 0.3 is 11.9 Å². The van der Waals surface area contributed by atoms with E-state index in [-0.39, 0.29) is 18.9 Å². The normalized spacial score (nSPS) is 25.2. The monoisotopic (exact) mass is 229 g/mol. The van der Waals surface area contributed by atoms with Gasteiger partial charge < -0.3 is 15.1 Å². The largest absolute Gasteiger partial charge is 0.481 e. The molecule has 0 radical (unpaired) electrons. The molecule has 0 aromatic carbocycles. The predicted octanol–water partition coefficient (Wildman–Crippen LogP) is 0.0303. The summed E-state index contributed by atoms with van der Waals surface area (Å²) >= 11 is 0. The van der Waals surface area contributed by atoms with Crippen molar-refractivity contribution in [1.82, 2.24) is 4.90 Å². The summed E-state index contributed by atoms with van der Waals surface area (Å²) in [5, 5.41) is 17.8. The van der Waals surface area contributed by atoms with Crippen molar-refractivity contribution in [2.75, 3.05) is 13.1 Å². The number of rotatable bonds is 3. The number of carboxylic acids is 2. The number of amides is 1. The quantitative estimate of drug-likeness (QED) is 0.712. The van der Waals surface area contributed by atoms with E-state index in [1.165, 1.54) is 4.90 Å². The number of carbonyl (C=O) groups excluding carboxylic acids is 1. The van der Waals surface area contributed by atoms with Gasteiger partial charge in [-0.3, -0.25) is 14.4 Å². The van der Waals surface area contributed by atoms with Gasteiger partial charge in [0.1, 0.15) is 0 Å². The van der Waals surface area contributed by atoms with E-state index >= 15 is 0 Å². The summed E-state index contributed by atoms with van der Waals surface area (Å²) in [4.78, 5) is 34.6. The van der Waals surface area contributed by atoms with Gasteiger partial charge in [-0.15, -0.1) is 0 Å². The van der Waals surface area contributed by atoms with Crippen molar-refractivity contribution in [1.29, 1.82) is 0 Å². The predicted molar refractivity (Wildman–Crippen MR) is 53.7 cm³/mol. The summed E-state index contributed by atoms with van der Waals surface area (Å²) in [5.74, 6) is -4.27. The number of nitrogens with zero attached hydrogens (tertiary/aromatic N) is 1. The molecule has 2 unspecified atom stereocenters. The van der Waals surface area contributed by atoms with Crippen LogP contribution >= 0.6 is 0 Å². The Balaban J connectivity index is 2.76. The Kier molecular flexibility index (Phi) is 3.87. The van der Waals surface area contributed by atoms with Crippen LogP contribution < -0.4 is 0 Å². The van der Waals surface area contributed by atoms with Crippen LogP contribution in [0.3, 0.4) is 0 Å². The fourth-order valence-electron chi connectivity index (χ4n) is 1.95. The van der Waals surface area contributed by atoms with E-state index in [1.807, 2.05) is 0 Å². The fourth-order valence-corrected chi connectivity index (χ4v) is 1.95. The molecule has 1 aliphatic heterocycles. The summed E-state index contributed by atoms with van der Waals surface area (Å²) in [5.41, 5.74) is 0. The summed E-state index contributed by atoms with van der Waals surface area (Å²) in [7, 11) is 0. The van der Waals surface area contributed by atoms with Crippen LogP contribution in [0.4, 0.5) is 0 Å². The minimum Gasteiger partial charge on any atom is -0.481 e.